The van der Waals surface area contributed by atoms with Crippen molar-refractivity contribution in [3.63, 3.8) is 0 Å². The average Bonchev–Trinajstić information content (AvgIpc) is 2.15. The molecule has 6 nitrogen and oxygen atoms in total. The number of hydrogen-bond donors (Lipinski definition) is 1. The van der Waals surface area contributed by atoms with Crippen molar-refractivity contribution < 1.29 is 4.74 Å². The topological polar surface area (TPSA) is 90.8 Å². The van der Waals surface area contributed by atoms with Gasteiger partial charge >= 0.3 is 0 Å². The third kappa shape index (κ3) is 2.25. The number of H-pyrrole nitrogens is 1. The maximum Gasteiger partial charge on any atom is 0.223 e. The Hall–Kier alpha value is -1.94. The lowest BCUT2D eigenvalue weighted by atomic mass is 10.3. The molecule has 0 amide bonds. The maximum atomic E-state index is 11.2. The molecular weight excluding hydrogens is 172 g/mol. The van der Waals surface area contributed by atoms with Gasteiger partial charge in [-0.15, -0.1) is 0 Å². The zero-order chi connectivity index (χ0) is 9.68. The third-order valence-corrected chi connectivity index (χ3v) is 1.46. The van der Waals surface area contributed by atoms with Crippen molar-refractivity contribution in [3.8, 4) is 5.75 Å². The van der Waals surface area contributed by atoms with Crippen LogP contribution in [0.5, 0.6) is 5.75 Å². The van der Waals surface area contributed by atoms with Crippen molar-refractivity contribution in [1.29, 1.82) is 0 Å². The monoisotopic (exact) mass is 180 g/mol. The highest BCUT2D eigenvalue weighted by Crippen LogP contribution is 2.01. The first-order valence-electron chi connectivity index (χ1n) is 3.54. The minimum Gasteiger partial charge on any atom is -0.491 e. The van der Waals surface area contributed by atoms with Crippen LogP contribution in [0.15, 0.2) is 22.2 Å². The van der Waals surface area contributed by atoms with E-state index in [9.17, 15) is 4.79 Å². The van der Waals surface area contributed by atoms with Crippen LogP contribution < -0.4 is 10.2 Å². The number of aromatic amines is 1. The Morgan fingerprint density at radius 2 is 2.54 bits per heavy atom. The van der Waals surface area contributed by atoms with Gasteiger partial charge in [0.1, 0.15) is 0 Å². The number of nitrogens with zero attached hydrogens (tertiary/aromatic N) is 3. The highest BCUT2D eigenvalue weighted by molar-refractivity contribution is 5.20. The van der Waals surface area contributed by atoms with Crippen LogP contribution in [0.25, 0.3) is 10.4 Å². The molecule has 1 heterocycles. The first-order chi connectivity index (χ1) is 6.27. The van der Waals surface area contributed by atoms with E-state index < -0.39 is 0 Å². The first-order valence-corrected chi connectivity index (χ1v) is 3.54. The highest BCUT2D eigenvalue weighted by Gasteiger charge is 1.98. The van der Waals surface area contributed by atoms with Crippen molar-refractivity contribution in [2.24, 2.45) is 5.11 Å². The van der Waals surface area contributed by atoms with E-state index in [1.165, 1.54) is 19.4 Å². The van der Waals surface area contributed by atoms with Crippen LogP contribution in [0.2, 0.25) is 0 Å². The predicted molar refractivity (Wildman–Crippen MR) is 46.5 cm³/mol. The molecule has 0 aliphatic heterocycles. The highest BCUT2D eigenvalue weighted by atomic mass is 16.5. The zero-order valence-corrected chi connectivity index (χ0v) is 7.02. The molecule has 0 saturated carbocycles. The number of aromatic nitrogens is 1. The summed E-state index contributed by atoms with van der Waals surface area (Å²) in [5.41, 5.74) is 8.37. The number of rotatable bonds is 3. The largest absolute Gasteiger partial charge is 0.491 e. The van der Waals surface area contributed by atoms with Gasteiger partial charge in [-0.25, -0.2) is 0 Å². The second-order valence-electron chi connectivity index (χ2n) is 2.28. The number of pyridine rings is 1. The van der Waals surface area contributed by atoms with E-state index in [0.717, 1.165) is 0 Å². The van der Waals surface area contributed by atoms with Crippen LogP contribution in [0.4, 0.5) is 0 Å². The smallest absolute Gasteiger partial charge is 0.223 e. The number of ether oxygens (including phenoxy) is 1. The quantitative estimate of drug-likeness (QED) is 0.430. The molecule has 0 aliphatic rings. The lowest BCUT2D eigenvalue weighted by Gasteiger charge is -1.99. The molecule has 1 N–H and O–H groups in total. The maximum absolute atomic E-state index is 11.2. The van der Waals surface area contributed by atoms with Gasteiger partial charge < -0.3 is 9.72 Å². The molecule has 1 rings (SSSR count). The van der Waals surface area contributed by atoms with Crippen molar-refractivity contribution in [1.82, 2.24) is 4.98 Å². The minimum absolute atomic E-state index is 0.135. The van der Waals surface area contributed by atoms with Crippen LogP contribution in [-0.4, -0.2) is 12.1 Å². The lowest BCUT2D eigenvalue weighted by molar-refractivity contribution is 0.408. The summed E-state index contributed by atoms with van der Waals surface area (Å²) in [6.07, 6.45) is 1.44. The van der Waals surface area contributed by atoms with Crippen molar-refractivity contribution >= 4 is 0 Å². The second-order valence-corrected chi connectivity index (χ2v) is 2.28. The molecular formula is C7H8N4O2. The van der Waals surface area contributed by atoms with Gasteiger partial charge in [-0.05, 0) is 5.53 Å². The molecule has 68 valence electrons. The normalized spacial score (nSPS) is 9.00. The van der Waals surface area contributed by atoms with Gasteiger partial charge in [0.2, 0.25) is 5.43 Å². The molecule has 6 heteroatoms. The molecule has 0 bridgehead atoms. The Labute approximate surface area is 73.8 Å². The number of hydrogen-bond acceptors (Lipinski definition) is 3. The number of azide groups is 1. The fourth-order valence-electron chi connectivity index (χ4n) is 0.859. The second kappa shape index (κ2) is 4.18. The third-order valence-electron chi connectivity index (χ3n) is 1.46. The molecule has 0 radical (unpaired) electrons. The van der Waals surface area contributed by atoms with Gasteiger partial charge in [0.05, 0.1) is 13.7 Å². The first kappa shape index (κ1) is 9.15. The number of nitrogens with one attached hydrogen (secondary N) is 1. The average molecular weight is 180 g/mol. The molecule has 1 aromatic heterocycles. The van der Waals surface area contributed by atoms with E-state index in [0.29, 0.717) is 5.69 Å². The van der Waals surface area contributed by atoms with E-state index in [2.05, 4.69) is 15.0 Å². The van der Waals surface area contributed by atoms with Crippen molar-refractivity contribution in [3.05, 3.63) is 38.6 Å². The summed E-state index contributed by atoms with van der Waals surface area (Å²) in [5, 5.41) is 3.31. The van der Waals surface area contributed by atoms with Gasteiger partial charge in [0.25, 0.3) is 0 Å². The number of methoxy groups -OCH3 is 1. The Bertz CT molecular complexity index is 392. The van der Waals surface area contributed by atoms with Crippen molar-refractivity contribution in [2.75, 3.05) is 7.11 Å². The SMILES string of the molecule is COc1c[nH]c(CN=[N+]=[N-])cc1=O. The fourth-order valence-corrected chi connectivity index (χ4v) is 0.859. The molecule has 0 aliphatic carbocycles. The standard InChI is InChI=1S/C7H8N4O2/c1-13-7-4-9-5(2-6(7)12)3-10-11-8/h2,4H,3H2,1H3,(H,9,12). The predicted octanol–water partition coefficient (Wildman–Crippen LogP) is 1.19. The van der Waals surface area contributed by atoms with E-state index >= 15 is 0 Å². The Morgan fingerprint density at radius 1 is 1.77 bits per heavy atom. The van der Waals surface area contributed by atoms with Crippen molar-refractivity contribution in [2.45, 2.75) is 6.54 Å². The summed E-state index contributed by atoms with van der Waals surface area (Å²) >= 11 is 0. The summed E-state index contributed by atoms with van der Waals surface area (Å²) in [7, 11) is 1.41. The minimum atomic E-state index is -0.232. The zero-order valence-electron chi connectivity index (χ0n) is 7.02. The van der Waals surface area contributed by atoms with Crippen LogP contribution in [0, 0.1) is 0 Å². The summed E-state index contributed by atoms with van der Waals surface area (Å²) < 4.78 is 4.76. The van der Waals surface area contributed by atoms with E-state index in [1.54, 1.807) is 0 Å². The summed E-state index contributed by atoms with van der Waals surface area (Å²) in [4.78, 5) is 16.5. The Kier molecular flexibility index (Phi) is 2.94. The summed E-state index contributed by atoms with van der Waals surface area (Å²) in [5.74, 6) is 0.240. The lowest BCUT2D eigenvalue weighted by Crippen LogP contribution is -2.06. The molecule has 0 atom stereocenters. The van der Waals surface area contributed by atoms with Gasteiger partial charge in [-0.1, -0.05) is 5.11 Å². The van der Waals surface area contributed by atoms with E-state index in [1.807, 2.05) is 0 Å². The summed E-state index contributed by atoms with van der Waals surface area (Å²) in [6.45, 7) is 0.135. The summed E-state index contributed by atoms with van der Waals surface area (Å²) in [6, 6.07) is 1.34. The Morgan fingerprint density at radius 3 is 3.08 bits per heavy atom. The van der Waals surface area contributed by atoms with E-state index in [4.69, 9.17) is 10.3 Å². The van der Waals surface area contributed by atoms with Crippen LogP contribution in [-0.2, 0) is 6.54 Å². The fraction of sp³-hybridized carbons (Fsp3) is 0.286. The molecule has 0 spiro atoms. The Balaban J connectivity index is 2.96. The van der Waals surface area contributed by atoms with Gasteiger partial charge in [0.15, 0.2) is 5.75 Å². The van der Waals surface area contributed by atoms with Gasteiger partial charge in [-0.2, -0.15) is 0 Å². The van der Waals surface area contributed by atoms with E-state index in [-0.39, 0.29) is 17.7 Å². The van der Waals surface area contributed by atoms with Crippen LogP contribution in [0.3, 0.4) is 0 Å². The van der Waals surface area contributed by atoms with Gasteiger partial charge in [-0.3, -0.25) is 4.79 Å². The molecule has 1 aromatic rings. The van der Waals surface area contributed by atoms with Crippen LogP contribution in [0.1, 0.15) is 5.69 Å². The molecule has 0 saturated heterocycles. The molecule has 0 fully saturated rings. The van der Waals surface area contributed by atoms with Gasteiger partial charge in [0, 0.05) is 22.9 Å². The molecule has 0 unspecified atom stereocenters. The van der Waals surface area contributed by atoms with Crippen LogP contribution >= 0.6 is 0 Å². The molecule has 13 heavy (non-hydrogen) atoms. The molecule has 0 aromatic carbocycles.